The van der Waals surface area contributed by atoms with E-state index in [0.29, 0.717) is 31.5 Å². The maximum absolute atomic E-state index is 13.5. The van der Waals surface area contributed by atoms with Crippen molar-refractivity contribution in [3.05, 3.63) is 59.4 Å². The molecule has 1 N–H and O–H groups in total. The van der Waals surface area contributed by atoms with Crippen LogP contribution in [0, 0.1) is 5.82 Å². The van der Waals surface area contributed by atoms with Crippen LogP contribution in [0.15, 0.2) is 42.5 Å². The van der Waals surface area contributed by atoms with Crippen LogP contribution >= 0.6 is 0 Å². The minimum absolute atomic E-state index is 0.190. The van der Waals surface area contributed by atoms with E-state index < -0.39 is 6.10 Å². The highest BCUT2D eigenvalue weighted by atomic mass is 19.1. The lowest BCUT2D eigenvalue weighted by Crippen LogP contribution is -2.34. The van der Waals surface area contributed by atoms with E-state index in [-0.39, 0.29) is 5.82 Å². The molecule has 0 radical (unpaired) electrons. The first-order valence-electron chi connectivity index (χ1n) is 9.75. The number of benzene rings is 2. The van der Waals surface area contributed by atoms with Gasteiger partial charge in [0.05, 0.1) is 19.3 Å². The number of aliphatic hydroxyl groups is 1. The molecule has 4 rings (SSSR count). The van der Waals surface area contributed by atoms with E-state index >= 15 is 0 Å². The van der Waals surface area contributed by atoms with E-state index in [9.17, 15) is 9.50 Å². The van der Waals surface area contributed by atoms with Crippen molar-refractivity contribution >= 4 is 0 Å². The maximum atomic E-state index is 13.5. The van der Waals surface area contributed by atoms with Gasteiger partial charge >= 0.3 is 0 Å². The Morgan fingerprint density at radius 3 is 2.78 bits per heavy atom. The summed E-state index contributed by atoms with van der Waals surface area (Å²) < 4.78 is 24.9. The van der Waals surface area contributed by atoms with E-state index in [2.05, 4.69) is 4.90 Å². The van der Waals surface area contributed by atoms with Gasteiger partial charge in [0.2, 0.25) is 0 Å². The lowest BCUT2D eigenvalue weighted by molar-refractivity contribution is 0.106. The largest absolute Gasteiger partial charge is 0.490 e. The Labute approximate surface area is 159 Å². The molecule has 2 aliphatic rings. The summed E-state index contributed by atoms with van der Waals surface area (Å²) in [5, 5.41) is 10.8. The van der Waals surface area contributed by atoms with Gasteiger partial charge in [-0.1, -0.05) is 18.2 Å². The number of ether oxygens (including phenoxy) is 2. The lowest BCUT2D eigenvalue weighted by Gasteiger charge is -2.27. The molecule has 0 amide bonds. The van der Waals surface area contributed by atoms with E-state index in [0.717, 1.165) is 49.1 Å². The zero-order chi connectivity index (χ0) is 18.6. The molecule has 2 unspecified atom stereocenters. The van der Waals surface area contributed by atoms with Gasteiger partial charge in [-0.15, -0.1) is 0 Å². The van der Waals surface area contributed by atoms with Crippen molar-refractivity contribution in [1.29, 1.82) is 0 Å². The second kappa shape index (κ2) is 8.28. The molecule has 2 aliphatic heterocycles. The first kappa shape index (κ1) is 18.3. The lowest BCUT2D eigenvalue weighted by atomic mass is 10.0. The van der Waals surface area contributed by atoms with Gasteiger partial charge in [-0.2, -0.15) is 0 Å². The molecule has 27 heavy (non-hydrogen) atoms. The topological polar surface area (TPSA) is 41.9 Å². The van der Waals surface area contributed by atoms with Crippen LogP contribution in [-0.2, 0) is 6.42 Å². The summed E-state index contributed by atoms with van der Waals surface area (Å²) in [6, 6.07) is 12.8. The Morgan fingerprint density at radius 1 is 1.07 bits per heavy atom. The molecule has 1 fully saturated rings. The molecule has 2 aromatic carbocycles. The Balaban J connectivity index is 1.42. The van der Waals surface area contributed by atoms with Crippen molar-refractivity contribution in [3.63, 3.8) is 0 Å². The van der Waals surface area contributed by atoms with Crippen LogP contribution in [-0.4, -0.2) is 42.4 Å². The van der Waals surface area contributed by atoms with Gasteiger partial charge in [-0.3, -0.25) is 4.90 Å². The number of aliphatic hydroxyl groups excluding tert-OH is 1. The molecule has 0 bridgehead atoms. The number of likely N-dealkylation sites (tertiary alicyclic amines) is 1. The van der Waals surface area contributed by atoms with E-state index in [4.69, 9.17) is 9.47 Å². The van der Waals surface area contributed by atoms with Crippen LogP contribution in [0.1, 0.15) is 36.5 Å². The Bertz CT molecular complexity index is 782. The number of fused-ring (bicyclic) bond motifs is 1. The molecular formula is C22H26FNO3. The second-order valence-corrected chi connectivity index (χ2v) is 7.40. The molecular weight excluding hydrogens is 345 g/mol. The Hall–Kier alpha value is -2.11. The highest BCUT2D eigenvalue weighted by Crippen LogP contribution is 2.33. The summed E-state index contributed by atoms with van der Waals surface area (Å²) in [6.07, 6.45) is 3.27. The van der Waals surface area contributed by atoms with Crippen molar-refractivity contribution in [2.24, 2.45) is 0 Å². The third-order valence-corrected chi connectivity index (χ3v) is 5.42. The second-order valence-electron chi connectivity index (χ2n) is 7.40. The Morgan fingerprint density at radius 2 is 1.93 bits per heavy atom. The van der Waals surface area contributed by atoms with Gasteiger partial charge < -0.3 is 14.6 Å². The molecule has 0 saturated carbocycles. The zero-order valence-corrected chi connectivity index (χ0v) is 15.4. The number of nitrogens with zero attached hydrogens (tertiary/aromatic N) is 1. The van der Waals surface area contributed by atoms with Crippen molar-refractivity contribution < 1.29 is 19.0 Å². The SMILES string of the molecule is OC(CN1CCCC1Cc1cccc(F)c1)c1ccc2c(c1)OCCCO2. The van der Waals surface area contributed by atoms with Gasteiger partial charge in [0, 0.05) is 19.0 Å². The maximum Gasteiger partial charge on any atom is 0.161 e. The zero-order valence-electron chi connectivity index (χ0n) is 15.4. The average Bonchev–Trinajstić information content (AvgIpc) is 2.95. The number of β-amino-alcohol motifs (C(OH)–C–C–N with tert-alkyl or cyclic N) is 1. The smallest absolute Gasteiger partial charge is 0.161 e. The normalized spacial score (nSPS) is 21.0. The van der Waals surface area contributed by atoms with Crippen LogP contribution in [0.25, 0.3) is 0 Å². The molecule has 2 aromatic rings. The fourth-order valence-corrected chi connectivity index (χ4v) is 4.02. The van der Waals surface area contributed by atoms with Crippen LogP contribution in [0.3, 0.4) is 0 Å². The molecule has 5 heteroatoms. The predicted molar refractivity (Wildman–Crippen MR) is 102 cm³/mol. The summed E-state index contributed by atoms with van der Waals surface area (Å²) >= 11 is 0. The summed E-state index contributed by atoms with van der Waals surface area (Å²) in [6.45, 7) is 2.82. The third-order valence-electron chi connectivity index (χ3n) is 5.42. The van der Waals surface area contributed by atoms with E-state index in [1.54, 1.807) is 12.1 Å². The third kappa shape index (κ3) is 4.42. The summed E-state index contributed by atoms with van der Waals surface area (Å²) in [7, 11) is 0. The number of hydrogen-bond acceptors (Lipinski definition) is 4. The van der Waals surface area contributed by atoms with Crippen LogP contribution in [0.2, 0.25) is 0 Å². The standard InChI is InChI=1S/C22H26FNO3/c23-18-5-1-4-16(12-18)13-19-6-2-9-24(19)15-20(25)17-7-8-21-22(14-17)27-11-3-10-26-21/h1,4-5,7-8,12,14,19-20,25H,2-3,6,9-11,13,15H2. The van der Waals surface area contributed by atoms with Crippen LogP contribution in [0.4, 0.5) is 4.39 Å². The van der Waals surface area contributed by atoms with Crippen molar-refractivity contribution in [2.45, 2.75) is 37.8 Å². The molecule has 4 nitrogen and oxygen atoms in total. The number of rotatable bonds is 5. The summed E-state index contributed by atoms with van der Waals surface area (Å²) in [5.41, 5.74) is 1.85. The molecule has 2 heterocycles. The quantitative estimate of drug-likeness (QED) is 0.870. The van der Waals surface area contributed by atoms with E-state index in [1.165, 1.54) is 6.07 Å². The fourth-order valence-electron chi connectivity index (χ4n) is 4.02. The first-order valence-corrected chi connectivity index (χ1v) is 9.75. The van der Waals surface area contributed by atoms with Crippen molar-refractivity contribution in [2.75, 3.05) is 26.3 Å². The van der Waals surface area contributed by atoms with Gasteiger partial charge in [0.25, 0.3) is 0 Å². The van der Waals surface area contributed by atoms with Gasteiger partial charge in [-0.05, 0) is 61.2 Å². The number of halogens is 1. The van der Waals surface area contributed by atoms with E-state index in [1.807, 2.05) is 24.3 Å². The fraction of sp³-hybridized carbons (Fsp3) is 0.455. The van der Waals surface area contributed by atoms with Crippen molar-refractivity contribution in [1.82, 2.24) is 4.90 Å². The van der Waals surface area contributed by atoms with Gasteiger partial charge in [-0.25, -0.2) is 4.39 Å². The Kier molecular flexibility index (Phi) is 5.60. The molecule has 0 aromatic heterocycles. The minimum atomic E-state index is -0.588. The predicted octanol–water partition coefficient (Wildman–Crippen LogP) is 3.73. The highest BCUT2D eigenvalue weighted by molar-refractivity contribution is 5.44. The van der Waals surface area contributed by atoms with Gasteiger partial charge in [0.1, 0.15) is 5.82 Å². The molecule has 0 spiro atoms. The van der Waals surface area contributed by atoms with Crippen LogP contribution < -0.4 is 9.47 Å². The summed E-state index contributed by atoms with van der Waals surface area (Å²) in [5.74, 6) is 1.26. The highest BCUT2D eigenvalue weighted by Gasteiger charge is 2.27. The van der Waals surface area contributed by atoms with Crippen LogP contribution in [0.5, 0.6) is 11.5 Å². The van der Waals surface area contributed by atoms with Crippen molar-refractivity contribution in [3.8, 4) is 11.5 Å². The first-order chi connectivity index (χ1) is 13.2. The monoisotopic (exact) mass is 371 g/mol. The van der Waals surface area contributed by atoms with Gasteiger partial charge in [0.15, 0.2) is 11.5 Å². The molecule has 1 saturated heterocycles. The summed E-state index contributed by atoms with van der Waals surface area (Å²) in [4.78, 5) is 2.32. The minimum Gasteiger partial charge on any atom is -0.490 e. The number of hydrogen-bond donors (Lipinski definition) is 1. The molecule has 0 aliphatic carbocycles. The molecule has 2 atom stereocenters. The molecule has 144 valence electrons. The average molecular weight is 371 g/mol.